The SMILES string of the molecule is [CH3][Sn]1[c]2ccccc2-c2cccc(Br)[c]21. The number of hydrogen-bond acceptors (Lipinski definition) is 0. The van der Waals surface area contributed by atoms with Gasteiger partial charge in [0.1, 0.15) is 0 Å². The van der Waals surface area contributed by atoms with Crippen LogP contribution >= 0.6 is 15.9 Å². The average Bonchev–Trinajstić information content (AvgIpc) is 2.55. The Morgan fingerprint density at radius 3 is 2.53 bits per heavy atom. The van der Waals surface area contributed by atoms with Gasteiger partial charge >= 0.3 is 106 Å². The third kappa shape index (κ3) is 1.40. The Labute approximate surface area is 105 Å². The molecule has 0 atom stereocenters. The molecule has 73 valence electrons. The fraction of sp³-hybridized carbons (Fsp3) is 0.0769. The number of halogens is 1. The normalized spacial score (nSPS) is 13.7. The van der Waals surface area contributed by atoms with E-state index < -0.39 is 19.8 Å². The van der Waals surface area contributed by atoms with E-state index in [2.05, 4.69) is 63.3 Å². The van der Waals surface area contributed by atoms with E-state index in [9.17, 15) is 0 Å². The predicted octanol–water partition coefficient (Wildman–Crippen LogP) is 2.67. The van der Waals surface area contributed by atoms with Gasteiger partial charge in [0, 0.05) is 0 Å². The molecule has 0 saturated carbocycles. The van der Waals surface area contributed by atoms with Crippen molar-refractivity contribution >= 4 is 42.8 Å². The summed E-state index contributed by atoms with van der Waals surface area (Å²) in [5.41, 5.74) is 2.95. The molecule has 2 aromatic carbocycles. The van der Waals surface area contributed by atoms with Gasteiger partial charge in [-0.3, -0.25) is 0 Å². The van der Waals surface area contributed by atoms with Crippen LogP contribution in [0.4, 0.5) is 0 Å². The van der Waals surface area contributed by atoms with E-state index in [1.165, 1.54) is 15.6 Å². The van der Waals surface area contributed by atoms with E-state index in [4.69, 9.17) is 0 Å². The van der Waals surface area contributed by atoms with Crippen molar-refractivity contribution in [2.45, 2.75) is 4.94 Å². The zero-order chi connectivity index (χ0) is 10.4. The zero-order valence-corrected chi connectivity index (χ0v) is 12.9. The molecule has 1 radical (unpaired) electrons. The van der Waals surface area contributed by atoms with E-state index in [1.54, 1.807) is 7.16 Å². The number of hydrogen-bond donors (Lipinski definition) is 0. The molecule has 0 saturated heterocycles. The Hall–Kier alpha value is -0.281. The number of rotatable bonds is 0. The van der Waals surface area contributed by atoms with Crippen LogP contribution in [-0.4, -0.2) is 19.8 Å². The van der Waals surface area contributed by atoms with Crippen LogP contribution in [0.15, 0.2) is 46.9 Å². The summed E-state index contributed by atoms with van der Waals surface area (Å²) in [6, 6.07) is 15.5. The predicted molar refractivity (Wildman–Crippen MR) is 70.5 cm³/mol. The van der Waals surface area contributed by atoms with Crippen molar-refractivity contribution in [1.82, 2.24) is 0 Å². The van der Waals surface area contributed by atoms with Gasteiger partial charge in [-0.15, -0.1) is 0 Å². The summed E-state index contributed by atoms with van der Waals surface area (Å²) in [6.45, 7) is 0. The second-order valence-electron chi connectivity index (χ2n) is 3.83. The van der Waals surface area contributed by atoms with Crippen LogP contribution < -0.4 is 7.16 Å². The molecular weight excluding hydrogens is 355 g/mol. The first-order chi connectivity index (χ1) is 7.29. The van der Waals surface area contributed by atoms with Crippen LogP contribution in [0.3, 0.4) is 0 Å². The van der Waals surface area contributed by atoms with Gasteiger partial charge < -0.3 is 0 Å². The van der Waals surface area contributed by atoms with Crippen molar-refractivity contribution in [3.63, 3.8) is 0 Å². The molecule has 2 heteroatoms. The van der Waals surface area contributed by atoms with Crippen LogP contribution in [-0.2, 0) is 0 Å². The fourth-order valence-corrected chi connectivity index (χ4v) is 11.2. The van der Waals surface area contributed by atoms with E-state index in [0.29, 0.717) is 0 Å². The summed E-state index contributed by atoms with van der Waals surface area (Å²) in [6.07, 6.45) is 0. The van der Waals surface area contributed by atoms with Gasteiger partial charge in [-0.2, -0.15) is 0 Å². The first-order valence-corrected chi connectivity index (χ1v) is 11.5. The first kappa shape index (κ1) is 9.91. The van der Waals surface area contributed by atoms with Crippen molar-refractivity contribution in [2.75, 3.05) is 0 Å². The van der Waals surface area contributed by atoms with Crippen molar-refractivity contribution in [2.24, 2.45) is 0 Å². The van der Waals surface area contributed by atoms with Gasteiger partial charge in [0.25, 0.3) is 0 Å². The van der Waals surface area contributed by atoms with Crippen molar-refractivity contribution < 1.29 is 0 Å². The van der Waals surface area contributed by atoms with Gasteiger partial charge in [0.05, 0.1) is 0 Å². The molecule has 0 spiro atoms. The molecule has 0 aliphatic carbocycles. The quantitative estimate of drug-likeness (QED) is 0.630. The molecule has 1 aliphatic heterocycles. The van der Waals surface area contributed by atoms with Gasteiger partial charge in [0.2, 0.25) is 0 Å². The molecule has 0 unspecified atom stereocenters. The van der Waals surface area contributed by atoms with Gasteiger partial charge in [-0.1, -0.05) is 0 Å². The fourth-order valence-electron chi connectivity index (χ4n) is 2.31. The summed E-state index contributed by atoms with van der Waals surface area (Å²) >= 11 is 2.17. The molecule has 0 nitrogen and oxygen atoms in total. The van der Waals surface area contributed by atoms with Gasteiger partial charge in [-0.05, 0) is 0 Å². The minimum atomic E-state index is -1.53. The Balaban J connectivity index is 2.37. The molecule has 1 heterocycles. The van der Waals surface area contributed by atoms with Crippen LogP contribution in [0.5, 0.6) is 0 Å². The summed E-state index contributed by atoms with van der Waals surface area (Å²) in [5, 5.41) is 0. The zero-order valence-electron chi connectivity index (χ0n) is 8.42. The van der Waals surface area contributed by atoms with Crippen LogP contribution in [0, 0.1) is 0 Å². The maximum absolute atomic E-state index is 3.70. The van der Waals surface area contributed by atoms with Gasteiger partial charge in [-0.25, -0.2) is 0 Å². The van der Waals surface area contributed by atoms with Crippen LogP contribution in [0.1, 0.15) is 0 Å². The second kappa shape index (κ2) is 3.63. The molecule has 0 amide bonds. The Morgan fingerprint density at radius 2 is 1.67 bits per heavy atom. The topological polar surface area (TPSA) is 0 Å². The van der Waals surface area contributed by atoms with Crippen molar-refractivity contribution in [1.29, 1.82) is 0 Å². The summed E-state index contributed by atoms with van der Waals surface area (Å²) in [7, 11) is 0. The second-order valence-corrected chi connectivity index (χ2v) is 11.2. The molecule has 15 heavy (non-hydrogen) atoms. The monoisotopic (exact) mass is 365 g/mol. The molecule has 0 bridgehead atoms. The summed E-state index contributed by atoms with van der Waals surface area (Å²) < 4.78 is 4.58. The van der Waals surface area contributed by atoms with Crippen LogP contribution in [0.25, 0.3) is 11.1 Å². The molecule has 0 aromatic heterocycles. The van der Waals surface area contributed by atoms with Crippen molar-refractivity contribution in [3.8, 4) is 11.1 Å². The third-order valence-electron chi connectivity index (χ3n) is 3.01. The molecule has 2 aromatic rings. The Kier molecular flexibility index (Phi) is 2.40. The molecule has 3 rings (SSSR count). The van der Waals surface area contributed by atoms with Crippen LogP contribution in [0.2, 0.25) is 4.94 Å². The summed E-state index contributed by atoms with van der Waals surface area (Å²) in [4.78, 5) is 2.47. The van der Waals surface area contributed by atoms with E-state index >= 15 is 0 Å². The number of benzene rings is 2. The van der Waals surface area contributed by atoms with E-state index in [1.807, 2.05) is 0 Å². The summed E-state index contributed by atoms with van der Waals surface area (Å²) in [5.74, 6) is 0. The maximum atomic E-state index is 3.70. The van der Waals surface area contributed by atoms with Crippen molar-refractivity contribution in [3.05, 3.63) is 46.9 Å². The average molecular weight is 365 g/mol. The molecule has 0 N–H and O–H groups in total. The third-order valence-corrected chi connectivity index (χ3v) is 11.9. The number of fused-ring (bicyclic) bond motifs is 3. The Bertz CT molecular complexity index is 534. The molecule has 0 fully saturated rings. The molecular formula is C13H10BrSn. The molecule has 1 aliphatic rings. The van der Waals surface area contributed by atoms with E-state index in [-0.39, 0.29) is 0 Å². The first-order valence-electron chi connectivity index (χ1n) is 5.01. The van der Waals surface area contributed by atoms with Gasteiger partial charge in [0.15, 0.2) is 0 Å². The van der Waals surface area contributed by atoms with E-state index in [0.717, 1.165) is 0 Å². The minimum absolute atomic E-state index is 1.31. The standard InChI is InChI=1S/C12H7Br.CH3.Sn/c13-12-8-4-7-11(9-12)10-5-2-1-3-6-10;;/h1-5,7-8H;1H3;. The Morgan fingerprint density at radius 1 is 0.933 bits per heavy atom.